The van der Waals surface area contributed by atoms with Crippen molar-refractivity contribution in [3.63, 3.8) is 0 Å². The smallest absolute Gasteiger partial charge is 0.0348 e. The van der Waals surface area contributed by atoms with Crippen molar-refractivity contribution in [2.75, 3.05) is 0 Å². The topological polar surface area (TPSA) is 0 Å². The van der Waals surface area contributed by atoms with Crippen LogP contribution in [-0.4, -0.2) is 0 Å². The normalized spacial score (nSPS) is 14.2. The van der Waals surface area contributed by atoms with Gasteiger partial charge in [0.15, 0.2) is 0 Å². The van der Waals surface area contributed by atoms with E-state index in [9.17, 15) is 0 Å². The average Bonchev–Trinajstić information content (AvgIpc) is 1.87. The molecule has 0 unspecified atom stereocenters. The van der Waals surface area contributed by atoms with Crippen molar-refractivity contribution in [3.8, 4) is 0 Å². The third-order valence-corrected chi connectivity index (χ3v) is 1.49. The van der Waals surface area contributed by atoms with Crippen LogP contribution < -0.4 is 0 Å². The summed E-state index contributed by atoms with van der Waals surface area (Å²) < 4.78 is 0. The summed E-state index contributed by atoms with van der Waals surface area (Å²) in [4.78, 5) is 0. The van der Waals surface area contributed by atoms with E-state index < -0.39 is 0 Å². The van der Waals surface area contributed by atoms with Gasteiger partial charge in [0.2, 0.25) is 0 Å². The van der Waals surface area contributed by atoms with E-state index in [0.717, 1.165) is 6.42 Å². The predicted molar refractivity (Wildman–Crippen MR) is 43.5 cm³/mol. The molecule has 0 atom stereocenters. The Balaban J connectivity index is 3.95. The summed E-state index contributed by atoms with van der Waals surface area (Å²) in [7, 11) is 0. The van der Waals surface area contributed by atoms with E-state index in [-0.39, 0.29) is 0 Å². The molecule has 0 aromatic rings. The zero-order valence-electron chi connectivity index (χ0n) is 6.86. The highest BCUT2D eigenvalue weighted by molar-refractivity contribution is 5.19. The quantitative estimate of drug-likeness (QED) is 0.495. The van der Waals surface area contributed by atoms with Crippen LogP contribution >= 0.6 is 0 Å². The second-order valence-electron chi connectivity index (χ2n) is 2.38. The molecule has 0 saturated heterocycles. The lowest BCUT2D eigenvalue weighted by Gasteiger charge is -1.93. The first kappa shape index (κ1) is 8.48. The summed E-state index contributed by atoms with van der Waals surface area (Å²) in [5.41, 5.74) is 2.81. The molecular formula is C9H16. The van der Waals surface area contributed by atoms with Gasteiger partial charge < -0.3 is 0 Å². The molecular weight excluding hydrogens is 108 g/mol. The standard InChI is InChI=1S/C9H16/c1-5-8(3)7-9(4)6-2/h5,7H,6H2,1-4H3/b8-5-,9-7+. The summed E-state index contributed by atoms with van der Waals surface area (Å²) >= 11 is 0. The van der Waals surface area contributed by atoms with Crippen LogP contribution in [0.2, 0.25) is 0 Å². The molecule has 0 saturated carbocycles. The van der Waals surface area contributed by atoms with Gasteiger partial charge in [0.1, 0.15) is 0 Å². The Hall–Kier alpha value is -0.520. The van der Waals surface area contributed by atoms with Crippen LogP contribution in [0, 0.1) is 0 Å². The summed E-state index contributed by atoms with van der Waals surface area (Å²) in [5, 5.41) is 0. The Morgan fingerprint density at radius 2 is 1.89 bits per heavy atom. The van der Waals surface area contributed by atoms with Gasteiger partial charge in [-0.1, -0.05) is 30.2 Å². The molecule has 0 aliphatic rings. The van der Waals surface area contributed by atoms with Gasteiger partial charge in [-0.15, -0.1) is 0 Å². The molecule has 0 aromatic carbocycles. The van der Waals surface area contributed by atoms with Crippen LogP contribution in [0.3, 0.4) is 0 Å². The second-order valence-corrected chi connectivity index (χ2v) is 2.38. The van der Waals surface area contributed by atoms with E-state index >= 15 is 0 Å². The van der Waals surface area contributed by atoms with Crippen molar-refractivity contribution < 1.29 is 0 Å². The third kappa shape index (κ3) is 4.01. The van der Waals surface area contributed by atoms with Gasteiger partial charge in [0.25, 0.3) is 0 Å². The number of allylic oxidation sites excluding steroid dienone is 4. The van der Waals surface area contributed by atoms with Crippen LogP contribution in [0.1, 0.15) is 34.1 Å². The Morgan fingerprint density at radius 1 is 1.33 bits per heavy atom. The number of rotatable bonds is 2. The summed E-state index contributed by atoms with van der Waals surface area (Å²) in [6.07, 6.45) is 5.50. The van der Waals surface area contributed by atoms with Crippen molar-refractivity contribution in [3.05, 3.63) is 23.3 Å². The Kier molecular flexibility index (Phi) is 4.12. The minimum atomic E-state index is 1.16. The molecule has 9 heavy (non-hydrogen) atoms. The first-order chi connectivity index (χ1) is 4.20. The molecule has 0 bridgehead atoms. The molecule has 0 aliphatic heterocycles. The third-order valence-electron chi connectivity index (χ3n) is 1.49. The highest BCUT2D eigenvalue weighted by Crippen LogP contribution is 2.03. The van der Waals surface area contributed by atoms with Crippen molar-refractivity contribution in [1.29, 1.82) is 0 Å². The van der Waals surface area contributed by atoms with E-state index in [2.05, 4.69) is 39.8 Å². The van der Waals surface area contributed by atoms with Crippen molar-refractivity contribution in [2.24, 2.45) is 0 Å². The molecule has 0 aliphatic carbocycles. The first-order valence-electron chi connectivity index (χ1n) is 3.50. The van der Waals surface area contributed by atoms with Gasteiger partial charge >= 0.3 is 0 Å². The molecule has 0 heterocycles. The van der Waals surface area contributed by atoms with Crippen LogP contribution in [0.4, 0.5) is 0 Å². The summed E-state index contributed by atoms with van der Waals surface area (Å²) in [6, 6.07) is 0. The molecule has 0 rings (SSSR count). The lowest BCUT2D eigenvalue weighted by atomic mass is 10.1. The lowest BCUT2D eigenvalue weighted by molar-refractivity contribution is 1.09. The molecule has 0 N–H and O–H groups in total. The summed E-state index contributed by atoms with van der Waals surface area (Å²) in [6.45, 7) is 8.52. The van der Waals surface area contributed by atoms with Crippen molar-refractivity contribution in [1.82, 2.24) is 0 Å². The van der Waals surface area contributed by atoms with E-state index in [1.165, 1.54) is 11.1 Å². The van der Waals surface area contributed by atoms with E-state index in [1.807, 2.05) is 0 Å². The van der Waals surface area contributed by atoms with Crippen LogP contribution in [0.5, 0.6) is 0 Å². The molecule has 0 amide bonds. The Labute approximate surface area is 58.3 Å². The number of hydrogen-bond acceptors (Lipinski definition) is 0. The highest BCUT2D eigenvalue weighted by atomic mass is 13.9. The predicted octanol–water partition coefficient (Wildman–Crippen LogP) is 3.31. The number of hydrogen-bond donors (Lipinski definition) is 0. The van der Waals surface area contributed by atoms with Gasteiger partial charge in [-0.3, -0.25) is 0 Å². The summed E-state index contributed by atoms with van der Waals surface area (Å²) in [5.74, 6) is 0. The highest BCUT2D eigenvalue weighted by Gasteiger charge is 1.82. The average molecular weight is 124 g/mol. The first-order valence-corrected chi connectivity index (χ1v) is 3.50. The SMILES string of the molecule is C/C=C(C)\C=C(/C)CC. The molecule has 0 heteroatoms. The van der Waals surface area contributed by atoms with Gasteiger partial charge in [0, 0.05) is 0 Å². The fourth-order valence-electron chi connectivity index (χ4n) is 0.574. The largest absolute Gasteiger partial charge is 0.0847 e. The van der Waals surface area contributed by atoms with E-state index in [4.69, 9.17) is 0 Å². The van der Waals surface area contributed by atoms with Gasteiger partial charge in [-0.2, -0.15) is 0 Å². The minimum absolute atomic E-state index is 1.16. The van der Waals surface area contributed by atoms with Crippen LogP contribution in [0.25, 0.3) is 0 Å². The van der Waals surface area contributed by atoms with Crippen molar-refractivity contribution in [2.45, 2.75) is 34.1 Å². The van der Waals surface area contributed by atoms with Crippen LogP contribution in [0.15, 0.2) is 23.3 Å². The second kappa shape index (κ2) is 4.37. The monoisotopic (exact) mass is 124 g/mol. The molecule has 0 aromatic heterocycles. The van der Waals surface area contributed by atoms with Crippen LogP contribution in [-0.2, 0) is 0 Å². The van der Waals surface area contributed by atoms with Gasteiger partial charge in [0.05, 0.1) is 0 Å². The molecule has 0 spiro atoms. The Bertz CT molecular complexity index is 127. The zero-order chi connectivity index (χ0) is 7.28. The minimum Gasteiger partial charge on any atom is -0.0847 e. The fraction of sp³-hybridized carbons (Fsp3) is 0.556. The van der Waals surface area contributed by atoms with E-state index in [1.54, 1.807) is 0 Å². The maximum Gasteiger partial charge on any atom is -0.0348 e. The Morgan fingerprint density at radius 3 is 2.22 bits per heavy atom. The fourth-order valence-corrected chi connectivity index (χ4v) is 0.574. The molecule has 0 nitrogen and oxygen atoms in total. The maximum absolute atomic E-state index is 2.22. The zero-order valence-corrected chi connectivity index (χ0v) is 6.86. The van der Waals surface area contributed by atoms with Crippen molar-refractivity contribution >= 4 is 0 Å². The van der Waals surface area contributed by atoms with Gasteiger partial charge in [-0.05, 0) is 27.2 Å². The molecule has 0 fully saturated rings. The molecule has 0 radical (unpaired) electrons. The van der Waals surface area contributed by atoms with E-state index in [0.29, 0.717) is 0 Å². The van der Waals surface area contributed by atoms with Gasteiger partial charge in [-0.25, -0.2) is 0 Å². The maximum atomic E-state index is 2.22. The molecule has 52 valence electrons. The lowest BCUT2D eigenvalue weighted by Crippen LogP contribution is -1.72.